The van der Waals surface area contributed by atoms with E-state index in [2.05, 4.69) is 20.5 Å². The second-order valence-electron chi connectivity index (χ2n) is 6.45. The number of benzene rings is 2. The minimum Gasteiger partial charge on any atom is -0.379 e. The number of sulfonamides is 1. The topological polar surface area (TPSA) is 123 Å². The van der Waals surface area contributed by atoms with Crippen molar-refractivity contribution in [3.63, 3.8) is 0 Å². The molecule has 2 N–H and O–H groups in total. The molecule has 3 aromatic rings. The lowest BCUT2D eigenvalue weighted by Gasteiger charge is -2.26. The van der Waals surface area contributed by atoms with E-state index in [4.69, 9.17) is 16.3 Å². The maximum Gasteiger partial charge on any atom is 0.244 e. The molecule has 2 aromatic carbocycles. The van der Waals surface area contributed by atoms with Crippen molar-refractivity contribution >= 4 is 44.1 Å². The van der Waals surface area contributed by atoms with Crippen molar-refractivity contribution in [3.05, 3.63) is 53.3 Å². The van der Waals surface area contributed by atoms with Crippen molar-refractivity contribution in [1.29, 1.82) is 5.26 Å². The number of hydrazone groups is 1. The number of nitriles is 1. The van der Waals surface area contributed by atoms with Crippen LogP contribution in [0.3, 0.4) is 0 Å². The van der Waals surface area contributed by atoms with Gasteiger partial charge in [0.1, 0.15) is 11.0 Å². The summed E-state index contributed by atoms with van der Waals surface area (Å²) in [7, 11) is -3.71. The van der Waals surface area contributed by atoms with Gasteiger partial charge in [0.2, 0.25) is 15.7 Å². The molecular weight excluding hydrogens is 428 g/mol. The van der Waals surface area contributed by atoms with Gasteiger partial charge in [0.25, 0.3) is 0 Å². The van der Waals surface area contributed by atoms with Crippen LogP contribution in [0.25, 0.3) is 11.0 Å². The Hall–Kier alpha value is -2.97. The molecule has 0 atom stereocenters. The number of para-hydroxylation sites is 2. The Bertz CT molecular complexity index is 1230. The van der Waals surface area contributed by atoms with Crippen molar-refractivity contribution in [1.82, 2.24) is 14.3 Å². The first kappa shape index (κ1) is 20.3. The zero-order valence-electron chi connectivity index (χ0n) is 15.7. The summed E-state index contributed by atoms with van der Waals surface area (Å²) in [6.45, 7) is 1.27. The van der Waals surface area contributed by atoms with Gasteiger partial charge >= 0.3 is 0 Å². The number of imidazole rings is 1. The number of rotatable bonds is 5. The highest BCUT2D eigenvalue weighted by Crippen LogP contribution is 2.28. The maximum atomic E-state index is 12.8. The molecule has 2 heterocycles. The summed E-state index contributed by atoms with van der Waals surface area (Å²) in [5.74, 6) is 0.323. The van der Waals surface area contributed by atoms with Gasteiger partial charge in [-0.25, -0.2) is 13.4 Å². The van der Waals surface area contributed by atoms with Crippen molar-refractivity contribution in [2.24, 2.45) is 5.10 Å². The van der Waals surface area contributed by atoms with Crippen molar-refractivity contribution in [2.45, 2.75) is 4.90 Å². The van der Waals surface area contributed by atoms with Crippen LogP contribution in [-0.4, -0.2) is 54.7 Å². The number of nitrogens with one attached hydrogen (secondary N) is 2. The number of H-pyrrole nitrogens is 1. The molecule has 1 aromatic heterocycles. The summed E-state index contributed by atoms with van der Waals surface area (Å²) in [5, 5.41) is 13.6. The molecule has 1 aliphatic rings. The molecule has 0 unspecified atom stereocenters. The lowest BCUT2D eigenvalue weighted by atomic mass is 10.3. The molecule has 1 fully saturated rings. The number of ether oxygens (including phenoxy) is 1. The molecule has 4 rings (SSSR count). The third-order valence-corrected chi connectivity index (χ3v) is 6.92. The van der Waals surface area contributed by atoms with Crippen LogP contribution in [-0.2, 0) is 14.8 Å². The molecule has 11 heteroatoms. The van der Waals surface area contributed by atoms with E-state index in [1.165, 1.54) is 22.5 Å². The number of fused-ring (bicyclic) bond motifs is 1. The third-order valence-electron chi connectivity index (χ3n) is 4.54. The Morgan fingerprint density at radius 2 is 2.03 bits per heavy atom. The van der Waals surface area contributed by atoms with Crippen LogP contribution in [0.4, 0.5) is 5.69 Å². The summed E-state index contributed by atoms with van der Waals surface area (Å²) in [5.41, 5.74) is 4.72. The first-order valence-electron chi connectivity index (χ1n) is 9.05. The fraction of sp³-hybridized carbons (Fsp3) is 0.211. The van der Waals surface area contributed by atoms with Crippen LogP contribution in [0.15, 0.2) is 52.5 Å². The number of hydrogen-bond donors (Lipinski definition) is 2. The number of morpholine rings is 1. The lowest BCUT2D eigenvalue weighted by Crippen LogP contribution is -2.40. The SMILES string of the molecule is N#CC(=NNc1ccc(S(=O)(=O)N2CCOCC2)c(Cl)c1)c1nc2ccccc2[nH]1. The van der Waals surface area contributed by atoms with Gasteiger partial charge in [0, 0.05) is 13.1 Å². The molecule has 30 heavy (non-hydrogen) atoms. The number of halogens is 1. The van der Waals surface area contributed by atoms with Crippen LogP contribution in [0.5, 0.6) is 0 Å². The standard InChI is InChI=1S/C19H17ClN6O3S/c20-14-11-13(5-6-18(14)30(27,28)26-7-9-29-10-8-26)24-25-17(12-21)19-22-15-3-1-2-4-16(15)23-19/h1-6,11,24H,7-10H2,(H,22,23). The van der Waals surface area contributed by atoms with Gasteiger partial charge in [0.05, 0.1) is 35.0 Å². The minimum atomic E-state index is -3.71. The highest BCUT2D eigenvalue weighted by atomic mass is 35.5. The van der Waals surface area contributed by atoms with Gasteiger partial charge in [-0.3, -0.25) is 5.43 Å². The van der Waals surface area contributed by atoms with Gasteiger partial charge in [-0.1, -0.05) is 23.7 Å². The number of aromatic nitrogens is 2. The fourth-order valence-electron chi connectivity index (χ4n) is 3.02. The number of hydrogen-bond acceptors (Lipinski definition) is 7. The third kappa shape index (κ3) is 4.01. The van der Waals surface area contributed by atoms with E-state index in [0.29, 0.717) is 24.7 Å². The number of nitrogens with zero attached hydrogens (tertiary/aromatic N) is 4. The van der Waals surface area contributed by atoms with Crippen molar-refractivity contribution in [3.8, 4) is 6.07 Å². The maximum absolute atomic E-state index is 12.8. The predicted molar refractivity (Wildman–Crippen MR) is 113 cm³/mol. The normalized spacial score (nSPS) is 15.8. The van der Waals surface area contributed by atoms with Gasteiger partial charge in [-0.05, 0) is 30.3 Å². The largest absolute Gasteiger partial charge is 0.379 e. The smallest absolute Gasteiger partial charge is 0.244 e. The number of anilines is 1. The fourth-order valence-corrected chi connectivity index (χ4v) is 4.95. The highest BCUT2D eigenvalue weighted by Gasteiger charge is 2.28. The second kappa shape index (κ2) is 8.41. The lowest BCUT2D eigenvalue weighted by molar-refractivity contribution is 0.0730. The van der Waals surface area contributed by atoms with E-state index in [1.54, 1.807) is 0 Å². The van der Waals surface area contributed by atoms with Gasteiger partial charge in [-0.15, -0.1) is 0 Å². The van der Waals surface area contributed by atoms with E-state index in [1.807, 2.05) is 30.3 Å². The van der Waals surface area contributed by atoms with Crippen LogP contribution < -0.4 is 5.43 Å². The van der Waals surface area contributed by atoms with Crippen LogP contribution in [0.2, 0.25) is 5.02 Å². The van der Waals surface area contributed by atoms with Crippen LogP contribution in [0.1, 0.15) is 5.82 Å². The van der Waals surface area contributed by atoms with Crippen LogP contribution >= 0.6 is 11.6 Å². The molecule has 0 spiro atoms. The summed E-state index contributed by atoms with van der Waals surface area (Å²) in [6.07, 6.45) is 0. The summed E-state index contributed by atoms with van der Waals surface area (Å²) < 4.78 is 32.1. The highest BCUT2D eigenvalue weighted by molar-refractivity contribution is 7.89. The molecule has 0 bridgehead atoms. The first-order chi connectivity index (χ1) is 14.5. The summed E-state index contributed by atoms with van der Waals surface area (Å²) >= 11 is 6.24. The molecule has 0 aliphatic carbocycles. The Kier molecular flexibility index (Phi) is 5.69. The molecule has 154 valence electrons. The van der Waals surface area contributed by atoms with Gasteiger partial charge in [-0.2, -0.15) is 14.7 Å². The average Bonchev–Trinajstić information content (AvgIpc) is 3.18. The average molecular weight is 445 g/mol. The second-order valence-corrected chi connectivity index (χ2v) is 8.76. The minimum absolute atomic E-state index is 0.0124. The zero-order valence-corrected chi connectivity index (χ0v) is 17.2. The predicted octanol–water partition coefficient (Wildman–Crippen LogP) is 2.58. The Balaban J connectivity index is 1.56. The Labute approximate surface area is 178 Å². The van der Waals surface area contributed by atoms with E-state index in [9.17, 15) is 13.7 Å². The zero-order chi connectivity index (χ0) is 21.1. The molecule has 9 nitrogen and oxygen atoms in total. The monoisotopic (exact) mass is 444 g/mol. The molecule has 0 amide bonds. The first-order valence-corrected chi connectivity index (χ1v) is 10.9. The molecule has 1 aliphatic heterocycles. The van der Waals surface area contributed by atoms with E-state index in [0.717, 1.165) is 11.0 Å². The summed E-state index contributed by atoms with van der Waals surface area (Å²) in [6, 6.07) is 13.8. The van der Waals surface area contributed by atoms with E-state index >= 15 is 0 Å². The summed E-state index contributed by atoms with van der Waals surface area (Å²) in [4.78, 5) is 7.39. The van der Waals surface area contributed by atoms with Gasteiger partial charge < -0.3 is 9.72 Å². The Morgan fingerprint density at radius 1 is 1.27 bits per heavy atom. The quantitative estimate of drug-likeness (QED) is 0.460. The molecular formula is C19H17ClN6O3S. The Morgan fingerprint density at radius 3 is 2.73 bits per heavy atom. The van der Waals surface area contributed by atoms with Crippen molar-refractivity contribution in [2.75, 3.05) is 31.7 Å². The molecule has 0 radical (unpaired) electrons. The van der Waals surface area contributed by atoms with Crippen LogP contribution in [0, 0.1) is 11.3 Å². The van der Waals surface area contributed by atoms with Gasteiger partial charge in [0.15, 0.2) is 5.82 Å². The van der Waals surface area contributed by atoms with E-state index < -0.39 is 10.0 Å². The molecule has 0 saturated carbocycles. The molecule has 1 saturated heterocycles. The van der Waals surface area contributed by atoms with E-state index in [-0.39, 0.29) is 28.7 Å². The van der Waals surface area contributed by atoms with Crippen molar-refractivity contribution < 1.29 is 13.2 Å². The number of aromatic amines is 1.